The van der Waals surface area contributed by atoms with Crippen LogP contribution in [0.3, 0.4) is 0 Å². The van der Waals surface area contributed by atoms with Gasteiger partial charge in [0.25, 0.3) is 5.91 Å². The highest BCUT2D eigenvalue weighted by molar-refractivity contribution is 5.93. The molecule has 0 aliphatic carbocycles. The molecule has 1 N–H and O–H groups in total. The summed E-state index contributed by atoms with van der Waals surface area (Å²) < 4.78 is 18.4. The van der Waals surface area contributed by atoms with Gasteiger partial charge in [0, 0.05) is 30.6 Å². The monoisotopic (exact) mass is 352 g/mol. The van der Waals surface area contributed by atoms with Crippen molar-refractivity contribution < 1.29 is 18.8 Å². The zero-order valence-corrected chi connectivity index (χ0v) is 13.9. The smallest absolute Gasteiger partial charge is 0.276 e. The van der Waals surface area contributed by atoms with Gasteiger partial charge < -0.3 is 14.5 Å². The Bertz CT molecular complexity index is 939. The van der Waals surface area contributed by atoms with Crippen LogP contribution in [0, 0.1) is 5.82 Å². The van der Waals surface area contributed by atoms with Crippen molar-refractivity contribution in [2.75, 3.05) is 13.1 Å². The third-order valence-corrected chi connectivity index (χ3v) is 4.71. The lowest BCUT2D eigenvalue weighted by atomic mass is 9.99. The Morgan fingerprint density at radius 2 is 2.00 bits per heavy atom. The fraction of sp³-hybridized carbons (Fsp3) is 0.200. The maximum Gasteiger partial charge on any atom is 0.276 e. The number of aromatic nitrogens is 1. The topological polar surface area (TPSA) is 66.6 Å². The first-order valence-corrected chi connectivity index (χ1v) is 8.41. The molecule has 1 atom stereocenters. The van der Waals surface area contributed by atoms with Crippen LogP contribution in [0.2, 0.25) is 0 Å². The van der Waals surface area contributed by atoms with Gasteiger partial charge in [-0.3, -0.25) is 4.79 Å². The van der Waals surface area contributed by atoms with Crippen LogP contribution in [0.5, 0.6) is 5.75 Å². The summed E-state index contributed by atoms with van der Waals surface area (Å²) in [5, 5.41) is 13.3. The number of likely N-dealkylation sites (tertiary alicyclic amines) is 1. The summed E-state index contributed by atoms with van der Waals surface area (Å²) in [6, 6.07) is 15.5. The van der Waals surface area contributed by atoms with Gasteiger partial charge in [-0.1, -0.05) is 35.5 Å². The zero-order chi connectivity index (χ0) is 18.1. The average molecular weight is 352 g/mol. The van der Waals surface area contributed by atoms with Crippen LogP contribution in [-0.2, 0) is 0 Å². The highest BCUT2D eigenvalue weighted by Gasteiger charge is 2.29. The zero-order valence-electron chi connectivity index (χ0n) is 13.9. The van der Waals surface area contributed by atoms with E-state index in [4.69, 9.17) is 4.52 Å². The number of rotatable bonds is 3. The van der Waals surface area contributed by atoms with Crippen molar-refractivity contribution in [1.82, 2.24) is 10.1 Å². The maximum absolute atomic E-state index is 13.2. The minimum absolute atomic E-state index is 0.190. The predicted octanol–water partition coefficient (Wildman–Crippen LogP) is 3.82. The second-order valence-electron chi connectivity index (χ2n) is 6.39. The molecule has 132 valence electrons. The molecule has 4 rings (SSSR count). The molecule has 2 heterocycles. The Morgan fingerprint density at radius 3 is 2.77 bits per heavy atom. The number of benzene rings is 2. The second kappa shape index (κ2) is 6.63. The molecule has 6 heteroatoms. The van der Waals surface area contributed by atoms with Gasteiger partial charge in [0.1, 0.15) is 0 Å². The van der Waals surface area contributed by atoms with Crippen LogP contribution in [0.15, 0.2) is 59.1 Å². The molecular weight excluding hydrogens is 335 g/mol. The van der Waals surface area contributed by atoms with Crippen LogP contribution in [-0.4, -0.2) is 34.2 Å². The quantitative estimate of drug-likeness (QED) is 0.778. The molecule has 1 aliphatic rings. The molecular formula is C20H17FN2O3. The van der Waals surface area contributed by atoms with Crippen molar-refractivity contribution in [3.63, 3.8) is 0 Å². The van der Waals surface area contributed by atoms with Crippen LogP contribution >= 0.6 is 0 Å². The van der Waals surface area contributed by atoms with E-state index >= 15 is 0 Å². The first-order valence-electron chi connectivity index (χ1n) is 8.41. The first-order chi connectivity index (χ1) is 12.6. The Kier molecular flexibility index (Phi) is 4.16. The molecule has 1 saturated heterocycles. The average Bonchev–Trinajstić information content (AvgIpc) is 3.34. The van der Waals surface area contributed by atoms with Crippen LogP contribution in [0.25, 0.3) is 11.3 Å². The van der Waals surface area contributed by atoms with Gasteiger partial charge in [-0.15, -0.1) is 0 Å². The summed E-state index contributed by atoms with van der Waals surface area (Å²) in [6.45, 7) is 1.31. The molecule has 1 aromatic heterocycles. The number of phenols is 1. The van der Waals surface area contributed by atoms with E-state index in [-0.39, 0.29) is 11.6 Å². The van der Waals surface area contributed by atoms with E-state index in [2.05, 4.69) is 17.3 Å². The van der Waals surface area contributed by atoms with Gasteiger partial charge in [0.15, 0.2) is 23.0 Å². The lowest BCUT2D eigenvalue weighted by Crippen LogP contribution is -2.28. The molecule has 0 unspecified atom stereocenters. The second-order valence-corrected chi connectivity index (χ2v) is 6.39. The number of nitrogens with zero attached hydrogens (tertiary/aromatic N) is 2. The van der Waals surface area contributed by atoms with Crippen molar-refractivity contribution in [2.45, 2.75) is 12.3 Å². The van der Waals surface area contributed by atoms with Gasteiger partial charge in [-0.05, 0) is 30.2 Å². The Balaban J connectivity index is 1.49. The summed E-state index contributed by atoms with van der Waals surface area (Å²) in [4.78, 5) is 14.4. The molecule has 1 fully saturated rings. The van der Waals surface area contributed by atoms with E-state index in [1.165, 1.54) is 23.8 Å². The van der Waals surface area contributed by atoms with Crippen molar-refractivity contribution in [3.05, 3.63) is 71.7 Å². The van der Waals surface area contributed by atoms with E-state index in [1.807, 2.05) is 18.2 Å². The number of halogens is 1. The van der Waals surface area contributed by atoms with Crippen molar-refractivity contribution in [3.8, 4) is 17.1 Å². The Hall–Kier alpha value is -3.15. The minimum atomic E-state index is -0.714. The highest BCUT2D eigenvalue weighted by atomic mass is 19.1. The third kappa shape index (κ3) is 3.06. The number of aromatic hydroxyl groups is 1. The molecule has 26 heavy (non-hydrogen) atoms. The lowest BCUT2D eigenvalue weighted by molar-refractivity contribution is 0.0780. The SMILES string of the molecule is O=C(c1cc(-c2ccc(F)c(O)c2)on1)N1CC[C@H](c2ccccc2)C1. The van der Waals surface area contributed by atoms with E-state index in [1.54, 1.807) is 4.90 Å². The fourth-order valence-electron chi connectivity index (χ4n) is 3.28. The van der Waals surface area contributed by atoms with E-state index < -0.39 is 11.6 Å². The molecule has 0 radical (unpaired) electrons. The van der Waals surface area contributed by atoms with Crippen molar-refractivity contribution in [2.24, 2.45) is 0 Å². The fourth-order valence-corrected chi connectivity index (χ4v) is 3.28. The normalized spacial score (nSPS) is 16.8. The number of carbonyl (C=O) groups is 1. The number of amides is 1. The van der Waals surface area contributed by atoms with Gasteiger partial charge in [0.2, 0.25) is 0 Å². The third-order valence-electron chi connectivity index (χ3n) is 4.71. The van der Waals surface area contributed by atoms with Crippen LogP contribution in [0.1, 0.15) is 28.4 Å². The molecule has 0 saturated carbocycles. The number of phenolic OH excluding ortho intramolecular Hbond substituents is 1. The number of hydrogen-bond donors (Lipinski definition) is 1. The molecule has 2 aromatic carbocycles. The summed E-state index contributed by atoms with van der Waals surface area (Å²) in [7, 11) is 0. The van der Waals surface area contributed by atoms with Crippen LogP contribution < -0.4 is 0 Å². The van der Waals surface area contributed by atoms with Gasteiger partial charge in [-0.25, -0.2) is 4.39 Å². The number of hydrogen-bond acceptors (Lipinski definition) is 4. The first kappa shape index (κ1) is 16.3. The molecule has 0 bridgehead atoms. The molecule has 3 aromatic rings. The number of carbonyl (C=O) groups excluding carboxylic acids is 1. The van der Waals surface area contributed by atoms with Crippen molar-refractivity contribution in [1.29, 1.82) is 0 Å². The predicted molar refractivity (Wildman–Crippen MR) is 93.3 cm³/mol. The van der Waals surface area contributed by atoms with Crippen LogP contribution in [0.4, 0.5) is 4.39 Å². The van der Waals surface area contributed by atoms with Gasteiger partial charge in [0.05, 0.1) is 0 Å². The highest BCUT2D eigenvalue weighted by Crippen LogP contribution is 2.29. The Labute approximate surface area is 149 Å². The van der Waals surface area contributed by atoms with E-state index in [9.17, 15) is 14.3 Å². The summed E-state index contributed by atoms with van der Waals surface area (Å²) >= 11 is 0. The summed E-state index contributed by atoms with van der Waals surface area (Å²) in [5.74, 6) is -0.751. The molecule has 0 spiro atoms. The van der Waals surface area contributed by atoms with Crippen molar-refractivity contribution >= 4 is 5.91 Å². The lowest BCUT2D eigenvalue weighted by Gasteiger charge is -2.15. The molecule has 5 nitrogen and oxygen atoms in total. The summed E-state index contributed by atoms with van der Waals surface area (Å²) in [6.07, 6.45) is 0.909. The molecule has 1 aliphatic heterocycles. The van der Waals surface area contributed by atoms with Gasteiger partial charge in [-0.2, -0.15) is 0 Å². The standard InChI is InChI=1S/C20H17FN2O3/c21-16-7-6-14(10-18(16)24)19-11-17(22-26-19)20(25)23-9-8-15(12-23)13-4-2-1-3-5-13/h1-7,10-11,15,24H,8-9,12H2/t15-/m0/s1. The Morgan fingerprint density at radius 1 is 1.19 bits per heavy atom. The molecule has 1 amide bonds. The van der Waals surface area contributed by atoms with Gasteiger partial charge >= 0.3 is 0 Å². The van der Waals surface area contributed by atoms with E-state index in [0.717, 1.165) is 12.5 Å². The van der Waals surface area contributed by atoms with E-state index in [0.29, 0.717) is 30.3 Å². The minimum Gasteiger partial charge on any atom is -0.505 e. The largest absolute Gasteiger partial charge is 0.505 e. The maximum atomic E-state index is 13.2. The summed E-state index contributed by atoms with van der Waals surface area (Å²) in [5.41, 5.74) is 1.89.